The number of hydrogen-bond donors (Lipinski definition) is 1. The molecule has 1 fully saturated rings. The highest BCUT2D eigenvalue weighted by atomic mass is 79.9. The number of rotatable bonds is 8. The molecular formula is C17H26BrNO2. The van der Waals surface area contributed by atoms with Gasteiger partial charge in [0.2, 0.25) is 0 Å². The molecule has 118 valence electrons. The summed E-state index contributed by atoms with van der Waals surface area (Å²) in [6.07, 6.45) is 6.31. The van der Waals surface area contributed by atoms with E-state index in [1.807, 2.05) is 6.92 Å². The Morgan fingerprint density at radius 2 is 1.95 bits per heavy atom. The standard InChI is InChI=1S/C17H26BrNO2/c1-3-9-21-17-15(18)10-13(11-16(17)20-4-2)12-19-14-7-5-6-8-14/h10-11,14,19H,3-9,12H2,1-2H3. The quantitative estimate of drug-likeness (QED) is 0.734. The van der Waals surface area contributed by atoms with E-state index in [2.05, 4.69) is 40.3 Å². The van der Waals surface area contributed by atoms with E-state index in [-0.39, 0.29) is 0 Å². The molecular weight excluding hydrogens is 330 g/mol. The smallest absolute Gasteiger partial charge is 0.175 e. The van der Waals surface area contributed by atoms with E-state index in [9.17, 15) is 0 Å². The molecule has 1 aliphatic carbocycles. The number of benzene rings is 1. The van der Waals surface area contributed by atoms with Gasteiger partial charge < -0.3 is 14.8 Å². The molecule has 0 radical (unpaired) electrons. The molecule has 0 spiro atoms. The predicted molar refractivity (Wildman–Crippen MR) is 90.2 cm³/mol. The number of nitrogens with one attached hydrogen (secondary N) is 1. The lowest BCUT2D eigenvalue weighted by atomic mass is 10.1. The highest BCUT2D eigenvalue weighted by Crippen LogP contribution is 2.37. The molecule has 1 aromatic carbocycles. The Hall–Kier alpha value is -0.740. The fourth-order valence-electron chi connectivity index (χ4n) is 2.72. The molecule has 0 heterocycles. The van der Waals surface area contributed by atoms with Gasteiger partial charge in [-0.2, -0.15) is 0 Å². The van der Waals surface area contributed by atoms with Crippen LogP contribution in [0.2, 0.25) is 0 Å². The highest BCUT2D eigenvalue weighted by Gasteiger charge is 2.16. The Morgan fingerprint density at radius 3 is 2.62 bits per heavy atom. The van der Waals surface area contributed by atoms with Crippen molar-refractivity contribution in [1.29, 1.82) is 0 Å². The zero-order chi connectivity index (χ0) is 15.1. The summed E-state index contributed by atoms with van der Waals surface area (Å²) in [7, 11) is 0. The van der Waals surface area contributed by atoms with Gasteiger partial charge in [-0.25, -0.2) is 0 Å². The average Bonchev–Trinajstić information content (AvgIpc) is 2.98. The maximum Gasteiger partial charge on any atom is 0.175 e. The SMILES string of the molecule is CCCOc1c(Br)cc(CNC2CCCC2)cc1OCC. The summed E-state index contributed by atoms with van der Waals surface area (Å²) in [5, 5.41) is 3.64. The first-order valence-electron chi connectivity index (χ1n) is 8.06. The van der Waals surface area contributed by atoms with Gasteiger partial charge in [0, 0.05) is 12.6 Å². The van der Waals surface area contributed by atoms with Crippen LogP contribution in [-0.2, 0) is 6.54 Å². The minimum atomic E-state index is 0.647. The minimum Gasteiger partial charge on any atom is -0.490 e. The third kappa shape index (κ3) is 4.89. The summed E-state index contributed by atoms with van der Waals surface area (Å²) in [5.41, 5.74) is 1.24. The van der Waals surface area contributed by atoms with Crippen molar-refractivity contribution in [3.05, 3.63) is 22.2 Å². The third-order valence-electron chi connectivity index (χ3n) is 3.77. The Kier molecular flexibility index (Phi) is 6.84. The van der Waals surface area contributed by atoms with Gasteiger partial charge >= 0.3 is 0 Å². The Bertz CT molecular complexity index is 445. The molecule has 0 unspecified atom stereocenters. The van der Waals surface area contributed by atoms with Crippen molar-refractivity contribution in [3.8, 4) is 11.5 Å². The summed E-state index contributed by atoms with van der Waals surface area (Å²) in [6.45, 7) is 6.35. The zero-order valence-electron chi connectivity index (χ0n) is 13.1. The summed E-state index contributed by atoms with van der Waals surface area (Å²) >= 11 is 3.62. The number of hydrogen-bond acceptors (Lipinski definition) is 3. The van der Waals surface area contributed by atoms with Crippen LogP contribution in [0.1, 0.15) is 51.5 Å². The van der Waals surface area contributed by atoms with Gasteiger partial charge in [0.1, 0.15) is 0 Å². The second kappa shape index (κ2) is 8.64. The van der Waals surface area contributed by atoms with Crippen molar-refractivity contribution >= 4 is 15.9 Å². The first-order valence-corrected chi connectivity index (χ1v) is 8.85. The van der Waals surface area contributed by atoms with Crippen molar-refractivity contribution in [2.75, 3.05) is 13.2 Å². The van der Waals surface area contributed by atoms with Crippen LogP contribution < -0.4 is 14.8 Å². The van der Waals surface area contributed by atoms with Crippen LogP contribution in [0, 0.1) is 0 Å². The molecule has 0 aliphatic heterocycles. The summed E-state index contributed by atoms with van der Waals surface area (Å²) in [6, 6.07) is 4.91. The van der Waals surface area contributed by atoms with E-state index in [0.717, 1.165) is 28.9 Å². The average molecular weight is 356 g/mol. The normalized spacial score (nSPS) is 15.4. The van der Waals surface area contributed by atoms with Crippen molar-refractivity contribution in [3.63, 3.8) is 0 Å². The van der Waals surface area contributed by atoms with Crippen LogP contribution in [0.5, 0.6) is 11.5 Å². The van der Waals surface area contributed by atoms with Gasteiger partial charge in [0.05, 0.1) is 17.7 Å². The topological polar surface area (TPSA) is 30.5 Å². The van der Waals surface area contributed by atoms with Crippen LogP contribution in [0.15, 0.2) is 16.6 Å². The molecule has 0 bridgehead atoms. The van der Waals surface area contributed by atoms with E-state index >= 15 is 0 Å². The van der Waals surface area contributed by atoms with Crippen LogP contribution >= 0.6 is 15.9 Å². The Labute approximate surface area is 136 Å². The van der Waals surface area contributed by atoms with Crippen LogP contribution in [-0.4, -0.2) is 19.3 Å². The molecule has 0 aromatic heterocycles. The lowest BCUT2D eigenvalue weighted by Gasteiger charge is -2.17. The molecule has 0 atom stereocenters. The van der Waals surface area contributed by atoms with Crippen molar-refractivity contribution < 1.29 is 9.47 Å². The van der Waals surface area contributed by atoms with Crippen molar-refractivity contribution in [2.45, 2.75) is 58.5 Å². The zero-order valence-corrected chi connectivity index (χ0v) is 14.7. The summed E-state index contributed by atoms with van der Waals surface area (Å²) < 4.78 is 12.5. The van der Waals surface area contributed by atoms with Gasteiger partial charge in [-0.3, -0.25) is 0 Å². The lowest BCUT2D eigenvalue weighted by molar-refractivity contribution is 0.275. The first kappa shape index (κ1) is 16.6. The molecule has 21 heavy (non-hydrogen) atoms. The molecule has 1 aliphatic rings. The van der Waals surface area contributed by atoms with Gasteiger partial charge in [0.25, 0.3) is 0 Å². The highest BCUT2D eigenvalue weighted by molar-refractivity contribution is 9.10. The lowest BCUT2D eigenvalue weighted by Crippen LogP contribution is -2.25. The van der Waals surface area contributed by atoms with Crippen LogP contribution in [0.25, 0.3) is 0 Å². The van der Waals surface area contributed by atoms with Gasteiger partial charge in [-0.15, -0.1) is 0 Å². The molecule has 0 saturated heterocycles. The fraction of sp³-hybridized carbons (Fsp3) is 0.647. The second-order valence-electron chi connectivity index (χ2n) is 5.55. The van der Waals surface area contributed by atoms with E-state index in [4.69, 9.17) is 9.47 Å². The monoisotopic (exact) mass is 355 g/mol. The molecule has 4 heteroatoms. The van der Waals surface area contributed by atoms with E-state index < -0.39 is 0 Å². The summed E-state index contributed by atoms with van der Waals surface area (Å²) in [5.74, 6) is 1.66. The molecule has 2 rings (SSSR count). The minimum absolute atomic E-state index is 0.647. The van der Waals surface area contributed by atoms with Gasteiger partial charge in [-0.1, -0.05) is 19.8 Å². The van der Waals surface area contributed by atoms with Crippen LogP contribution in [0.3, 0.4) is 0 Å². The van der Waals surface area contributed by atoms with E-state index in [1.54, 1.807) is 0 Å². The third-order valence-corrected chi connectivity index (χ3v) is 4.36. The Balaban J connectivity index is 2.06. The summed E-state index contributed by atoms with van der Waals surface area (Å²) in [4.78, 5) is 0. The number of halogens is 1. The Morgan fingerprint density at radius 1 is 1.19 bits per heavy atom. The van der Waals surface area contributed by atoms with Gasteiger partial charge in [0.15, 0.2) is 11.5 Å². The maximum atomic E-state index is 5.81. The predicted octanol–water partition coefficient (Wildman–Crippen LogP) is 4.67. The first-order chi connectivity index (χ1) is 10.2. The van der Waals surface area contributed by atoms with E-state index in [0.29, 0.717) is 19.3 Å². The molecule has 0 amide bonds. The largest absolute Gasteiger partial charge is 0.490 e. The molecule has 1 saturated carbocycles. The molecule has 1 N–H and O–H groups in total. The number of ether oxygens (including phenoxy) is 2. The molecule has 3 nitrogen and oxygen atoms in total. The van der Waals surface area contributed by atoms with Crippen LogP contribution in [0.4, 0.5) is 0 Å². The van der Waals surface area contributed by atoms with Crippen molar-refractivity contribution in [2.24, 2.45) is 0 Å². The fourth-order valence-corrected chi connectivity index (χ4v) is 3.33. The van der Waals surface area contributed by atoms with Gasteiger partial charge in [-0.05, 0) is 59.8 Å². The molecule has 1 aromatic rings. The second-order valence-corrected chi connectivity index (χ2v) is 6.40. The van der Waals surface area contributed by atoms with Crippen molar-refractivity contribution in [1.82, 2.24) is 5.32 Å². The van der Waals surface area contributed by atoms with E-state index in [1.165, 1.54) is 31.2 Å². The maximum absolute atomic E-state index is 5.81.